The van der Waals surface area contributed by atoms with Crippen molar-refractivity contribution in [3.8, 4) is 5.75 Å². The summed E-state index contributed by atoms with van der Waals surface area (Å²) in [5.74, 6) is 0.579. The minimum absolute atomic E-state index is 0.0187. The van der Waals surface area contributed by atoms with E-state index in [2.05, 4.69) is 15.5 Å². The standard InChI is InChI=1S/C22H17N3O3S2/c26-19(16-7-2-1-3-8-16)14-29-22-25-24-21(30-22)23-20(27)13-28-18-11-10-15-6-4-5-9-17(15)12-18/h1-12H,13-14H2,(H,23,24,27). The Hall–Kier alpha value is -3.23. The molecule has 1 aromatic heterocycles. The predicted octanol–water partition coefficient (Wildman–Crippen LogP) is 4.68. The lowest BCUT2D eigenvalue weighted by molar-refractivity contribution is -0.118. The number of hydrogen-bond acceptors (Lipinski definition) is 7. The number of carbonyl (C=O) groups excluding carboxylic acids is 2. The smallest absolute Gasteiger partial charge is 0.264 e. The summed E-state index contributed by atoms with van der Waals surface area (Å²) in [7, 11) is 0. The molecule has 1 amide bonds. The van der Waals surface area contributed by atoms with Gasteiger partial charge >= 0.3 is 0 Å². The van der Waals surface area contributed by atoms with Gasteiger partial charge in [-0.1, -0.05) is 83.8 Å². The maximum atomic E-state index is 12.2. The monoisotopic (exact) mass is 435 g/mol. The van der Waals surface area contributed by atoms with E-state index in [-0.39, 0.29) is 24.1 Å². The van der Waals surface area contributed by atoms with E-state index >= 15 is 0 Å². The van der Waals surface area contributed by atoms with Crippen LogP contribution in [0, 0.1) is 0 Å². The molecule has 0 fully saturated rings. The number of nitrogens with zero attached hydrogens (tertiary/aromatic N) is 2. The minimum Gasteiger partial charge on any atom is -0.484 e. The highest BCUT2D eigenvalue weighted by Crippen LogP contribution is 2.26. The molecular formula is C22H17N3O3S2. The average molecular weight is 436 g/mol. The van der Waals surface area contributed by atoms with Crippen LogP contribution in [0.5, 0.6) is 5.75 Å². The van der Waals surface area contributed by atoms with Crippen LogP contribution in [-0.4, -0.2) is 34.2 Å². The summed E-state index contributed by atoms with van der Waals surface area (Å²) in [6.45, 7) is -0.132. The van der Waals surface area contributed by atoms with Crippen LogP contribution >= 0.6 is 23.1 Å². The Labute approximate surface area is 181 Å². The Morgan fingerprint density at radius 3 is 2.53 bits per heavy atom. The van der Waals surface area contributed by atoms with Gasteiger partial charge in [0, 0.05) is 5.56 Å². The number of fused-ring (bicyclic) bond motifs is 1. The maximum Gasteiger partial charge on any atom is 0.264 e. The number of hydrogen-bond donors (Lipinski definition) is 1. The first-order valence-corrected chi connectivity index (χ1v) is 10.9. The van der Waals surface area contributed by atoms with Crippen LogP contribution in [0.1, 0.15) is 10.4 Å². The minimum atomic E-state index is -0.323. The number of benzene rings is 3. The zero-order valence-electron chi connectivity index (χ0n) is 15.8. The number of amides is 1. The van der Waals surface area contributed by atoms with Crippen LogP contribution < -0.4 is 10.1 Å². The second-order valence-corrected chi connectivity index (χ2v) is 8.50. The summed E-state index contributed by atoms with van der Waals surface area (Å²) in [5.41, 5.74) is 0.661. The molecule has 0 saturated carbocycles. The number of anilines is 1. The van der Waals surface area contributed by atoms with E-state index in [0.29, 0.717) is 20.8 Å². The molecule has 0 unspecified atom stereocenters. The third-order valence-corrected chi connectivity index (χ3v) is 6.14. The molecule has 0 aliphatic rings. The first-order chi connectivity index (χ1) is 14.7. The Bertz CT molecular complexity index is 1180. The highest BCUT2D eigenvalue weighted by molar-refractivity contribution is 8.01. The van der Waals surface area contributed by atoms with Gasteiger partial charge in [-0.3, -0.25) is 14.9 Å². The normalized spacial score (nSPS) is 10.7. The Balaban J connectivity index is 1.26. The molecule has 8 heteroatoms. The van der Waals surface area contributed by atoms with E-state index in [9.17, 15) is 9.59 Å². The third-order valence-electron chi connectivity index (χ3n) is 4.17. The van der Waals surface area contributed by atoms with Crippen LogP contribution in [0.4, 0.5) is 5.13 Å². The molecule has 1 N–H and O–H groups in total. The number of carbonyl (C=O) groups is 2. The van der Waals surface area contributed by atoms with E-state index < -0.39 is 0 Å². The number of ketones is 1. The molecule has 1 heterocycles. The number of nitrogens with one attached hydrogen (secondary N) is 1. The molecule has 0 saturated heterocycles. The Kier molecular flexibility index (Phi) is 6.36. The predicted molar refractivity (Wildman–Crippen MR) is 119 cm³/mol. The first-order valence-electron chi connectivity index (χ1n) is 9.13. The number of thioether (sulfide) groups is 1. The van der Waals surface area contributed by atoms with Crippen molar-refractivity contribution in [2.45, 2.75) is 4.34 Å². The lowest BCUT2D eigenvalue weighted by atomic mass is 10.1. The van der Waals surface area contributed by atoms with Crippen molar-refractivity contribution in [1.82, 2.24) is 10.2 Å². The van der Waals surface area contributed by atoms with Crippen molar-refractivity contribution in [3.05, 3.63) is 78.4 Å². The largest absolute Gasteiger partial charge is 0.484 e. The topological polar surface area (TPSA) is 81.2 Å². The van der Waals surface area contributed by atoms with Crippen LogP contribution in [0.3, 0.4) is 0 Å². The van der Waals surface area contributed by atoms with Gasteiger partial charge in [-0.25, -0.2) is 0 Å². The summed E-state index contributed by atoms with van der Waals surface area (Å²) < 4.78 is 6.19. The van der Waals surface area contributed by atoms with E-state index in [1.807, 2.05) is 60.7 Å². The van der Waals surface area contributed by atoms with Gasteiger partial charge in [-0.2, -0.15) is 0 Å². The molecule has 0 radical (unpaired) electrons. The Morgan fingerprint density at radius 2 is 1.70 bits per heavy atom. The van der Waals surface area contributed by atoms with Gasteiger partial charge in [0.1, 0.15) is 5.75 Å². The van der Waals surface area contributed by atoms with E-state index in [1.54, 1.807) is 12.1 Å². The third kappa shape index (κ3) is 5.22. The number of Topliss-reactive ketones (excluding diaryl/α,β-unsaturated/α-hetero) is 1. The molecule has 0 aliphatic carbocycles. The molecule has 0 atom stereocenters. The molecule has 4 rings (SSSR count). The van der Waals surface area contributed by atoms with Gasteiger partial charge in [0.05, 0.1) is 5.75 Å². The first kappa shape index (κ1) is 20.1. The second-order valence-electron chi connectivity index (χ2n) is 6.30. The summed E-state index contributed by atoms with van der Waals surface area (Å²) in [4.78, 5) is 24.3. The zero-order chi connectivity index (χ0) is 20.8. The Morgan fingerprint density at radius 1 is 0.933 bits per heavy atom. The molecule has 0 aliphatic heterocycles. The average Bonchev–Trinajstić information content (AvgIpc) is 3.23. The van der Waals surface area contributed by atoms with Crippen molar-refractivity contribution in [3.63, 3.8) is 0 Å². The molecule has 150 valence electrons. The van der Waals surface area contributed by atoms with E-state index in [4.69, 9.17) is 4.74 Å². The molecule has 0 bridgehead atoms. The maximum absolute atomic E-state index is 12.2. The van der Waals surface area contributed by atoms with Gasteiger partial charge in [-0.15, -0.1) is 10.2 Å². The number of aromatic nitrogens is 2. The van der Waals surface area contributed by atoms with Crippen LogP contribution in [0.2, 0.25) is 0 Å². The molecule has 0 spiro atoms. The molecular weight excluding hydrogens is 418 g/mol. The van der Waals surface area contributed by atoms with Gasteiger partial charge < -0.3 is 4.74 Å². The van der Waals surface area contributed by atoms with Gasteiger partial charge in [0.15, 0.2) is 16.7 Å². The van der Waals surface area contributed by atoms with Gasteiger partial charge in [0.2, 0.25) is 5.13 Å². The van der Waals surface area contributed by atoms with E-state index in [1.165, 1.54) is 23.1 Å². The number of rotatable bonds is 8. The highest BCUT2D eigenvalue weighted by Gasteiger charge is 2.12. The van der Waals surface area contributed by atoms with Crippen LogP contribution in [0.25, 0.3) is 10.8 Å². The number of ether oxygens (including phenoxy) is 1. The van der Waals surface area contributed by atoms with Gasteiger partial charge in [0.25, 0.3) is 5.91 Å². The second kappa shape index (κ2) is 9.51. The van der Waals surface area contributed by atoms with Crippen molar-refractivity contribution in [2.75, 3.05) is 17.7 Å². The van der Waals surface area contributed by atoms with Crippen molar-refractivity contribution in [1.29, 1.82) is 0 Å². The van der Waals surface area contributed by atoms with Crippen molar-refractivity contribution < 1.29 is 14.3 Å². The van der Waals surface area contributed by atoms with E-state index in [0.717, 1.165) is 10.8 Å². The lowest BCUT2D eigenvalue weighted by Crippen LogP contribution is -2.20. The SMILES string of the molecule is O=C(COc1ccc2ccccc2c1)Nc1nnc(SCC(=O)c2ccccc2)s1. The van der Waals surface area contributed by atoms with Gasteiger partial charge in [-0.05, 0) is 22.9 Å². The summed E-state index contributed by atoms with van der Waals surface area (Å²) in [6.07, 6.45) is 0. The summed E-state index contributed by atoms with van der Waals surface area (Å²) in [6, 6.07) is 22.7. The summed E-state index contributed by atoms with van der Waals surface area (Å²) >= 11 is 2.52. The fourth-order valence-electron chi connectivity index (χ4n) is 2.71. The van der Waals surface area contributed by atoms with Crippen molar-refractivity contribution in [2.24, 2.45) is 0 Å². The van der Waals surface area contributed by atoms with Crippen LogP contribution in [-0.2, 0) is 4.79 Å². The van der Waals surface area contributed by atoms with Crippen molar-refractivity contribution >= 4 is 50.7 Å². The summed E-state index contributed by atoms with van der Waals surface area (Å²) in [5, 5.41) is 13.2. The fourth-order valence-corrected chi connectivity index (χ4v) is 4.38. The zero-order valence-corrected chi connectivity index (χ0v) is 17.4. The quantitative estimate of drug-likeness (QED) is 0.246. The lowest BCUT2D eigenvalue weighted by Gasteiger charge is -2.06. The molecule has 4 aromatic rings. The molecule has 3 aromatic carbocycles. The molecule has 30 heavy (non-hydrogen) atoms. The van der Waals surface area contributed by atoms with Crippen LogP contribution in [0.15, 0.2) is 77.1 Å². The highest BCUT2D eigenvalue weighted by atomic mass is 32.2. The molecule has 6 nitrogen and oxygen atoms in total. The fraction of sp³-hybridized carbons (Fsp3) is 0.0909.